The van der Waals surface area contributed by atoms with Crippen LogP contribution in [0.1, 0.15) is 33.3 Å². The van der Waals surface area contributed by atoms with E-state index in [0.717, 1.165) is 32.2 Å². The lowest BCUT2D eigenvalue weighted by atomic mass is 10.1. The second-order valence-corrected chi connectivity index (χ2v) is 7.83. The number of nitrogens with zero attached hydrogens (tertiary/aromatic N) is 2. The number of nitrogens with one attached hydrogen (secondary N) is 2. The van der Waals surface area contributed by atoms with E-state index in [2.05, 4.69) is 60.4 Å². The van der Waals surface area contributed by atoms with Gasteiger partial charge in [-0.3, -0.25) is 9.89 Å². The first-order valence-corrected chi connectivity index (χ1v) is 9.82. The molecule has 1 aromatic carbocycles. The molecule has 5 nitrogen and oxygen atoms in total. The lowest BCUT2D eigenvalue weighted by Gasteiger charge is -2.22. The van der Waals surface area contributed by atoms with Crippen molar-refractivity contribution in [1.82, 2.24) is 15.5 Å². The molecule has 1 fully saturated rings. The number of rotatable bonds is 8. The normalized spacial score (nSPS) is 22.6. The average molecular weight is 361 g/mol. The van der Waals surface area contributed by atoms with Gasteiger partial charge in [0.1, 0.15) is 0 Å². The minimum Gasteiger partial charge on any atom is -0.376 e. The smallest absolute Gasteiger partial charge is 0.191 e. The molecule has 26 heavy (non-hydrogen) atoms. The number of ether oxygens (including phenoxy) is 1. The van der Waals surface area contributed by atoms with Gasteiger partial charge in [-0.15, -0.1) is 0 Å². The zero-order chi connectivity index (χ0) is 18.9. The van der Waals surface area contributed by atoms with Crippen LogP contribution in [0.25, 0.3) is 0 Å². The summed E-state index contributed by atoms with van der Waals surface area (Å²) < 4.78 is 5.83. The number of hydrogen-bond donors (Lipinski definition) is 2. The maximum atomic E-state index is 5.83. The molecular formula is C21H36N4O. The first-order valence-electron chi connectivity index (χ1n) is 9.82. The fourth-order valence-electron chi connectivity index (χ4n) is 3.27. The fourth-order valence-corrected chi connectivity index (χ4v) is 3.27. The van der Waals surface area contributed by atoms with E-state index in [0.29, 0.717) is 30.5 Å². The summed E-state index contributed by atoms with van der Waals surface area (Å²) in [6.45, 7) is 13.5. The van der Waals surface area contributed by atoms with Crippen LogP contribution in [0.3, 0.4) is 0 Å². The molecule has 146 valence electrons. The maximum absolute atomic E-state index is 5.83. The Kier molecular flexibility index (Phi) is 8.39. The van der Waals surface area contributed by atoms with Crippen molar-refractivity contribution in [2.24, 2.45) is 16.8 Å². The third-order valence-electron chi connectivity index (χ3n) is 5.05. The minimum atomic E-state index is 0.422. The van der Waals surface area contributed by atoms with Gasteiger partial charge in [0.2, 0.25) is 0 Å². The van der Waals surface area contributed by atoms with E-state index in [9.17, 15) is 0 Å². The number of likely N-dealkylation sites (tertiary alicyclic amines) is 1. The lowest BCUT2D eigenvalue weighted by Crippen LogP contribution is -2.47. The summed E-state index contributed by atoms with van der Waals surface area (Å²) in [6.07, 6.45) is 0. The van der Waals surface area contributed by atoms with Crippen LogP contribution < -0.4 is 10.6 Å². The van der Waals surface area contributed by atoms with Gasteiger partial charge in [0.15, 0.2) is 5.96 Å². The Morgan fingerprint density at radius 1 is 1.23 bits per heavy atom. The average Bonchev–Trinajstić information content (AvgIpc) is 3.00. The van der Waals surface area contributed by atoms with Crippen LogP contribution >= 0.6 is 0 Å². The quantitative estimate of drug-likeness (QED) is 0.553. The van der Waals surface area contributed by atoms with Crippen LogP contribution in [-0.4, -0.2) is 56.2 Å². The highest BCUT2D eigenvalue weighted by molar-refractivity contribution is 5.80. The van der Waals surface area contributed by atoms with Crippen molar-refractivity contribution >= 4 is 5.96 Å². The zero-order valence-electron chi connectivity index (χ0n) is 17.0. The molecule has 0 amide bonds. The summed E-state index contributed by atoms with van der Waals surface area (Å²) in [5.74, 6) is 1.94. The SMILES string of the molecule is CN=C(NCC(C)COCc1ccccc1)NC1CN(C(C)C)CC1C. The Morgan fingerprint density at radius 2 is 1.96 bits per heavy atom. The van der Waals surface area contributed by atoms with E-state index in [-0.39, 0.29) is 0 Å². The molecule has 1 aromatic rings. The van der Waals surface area contributed by atoms with E-state index in [1.165, 1.54) is 5.56 Å². The van der Waals surface area contributed by atoms with E-state index >= 15 is 0 Å². The fraction of sp³-hybridized carbons (Fsp3) is 0.667. The summed E-state index contributed by atoms with van der Waals surface area (Å²) in [7, 11) is 1.84. The van der Waals surface area contributed by atoms with Gasteiger partial charge in [0.05, 0.1) is 13.2 Å². The topological polar surface area (TPSA) is 48.9 Å². The third-order valence-corrected chi connectivity index (χ3v) is 5.05. The summed E-state index contributed by atoms with van der Waals surface area (Å²) in [6, 6.07) is 11.4. The molecule has 3 unspecified atom stereocenters. The van der Waals surface area contributed by atoms with Crippen molar-refractivity contribution in [3.05, 3.63) is 35.9 Å². The predicted octanol–water partition coefficient (Wildman–Crippen LogP) is 2.73. The molecule has 0 aliphatic carbocycles. The highest BCUT2D eigenvalue weighted by Crippen LogP contribution is 2.18. The summed E-state index contributed by atoms with van der Waals surface area (Å²) in [4.78, 5) is 6.91. The maximum Gasteiger partial charge on any atom is 0.191 e. The van der Waals surface area contributed by atoms with E-state index in [1.54, 1.807) is 0 Å². The Bertz CT molecular complexity index is 546. The van der Waals surface area contributed by atoms with Gasteiger partial charge in [-0.05, 0) is 31.2 Å². The molecule has 2 rings (SSSR count). The molecule has 5 heteroatoms. The van der Waals surface area contributed by atoms with Crippen molar-refractivity contribution in [2.45, 2.75) is 46.4 Å². The Labute approximate surface area is 159 Å². The standard InChI is InChI=1S/C21H36N4O/c1-16(2)25-12-18(4)20(13-25)24-21(22-5)23-11-17(3)14-26-15-19-9-7-6-8-10-19/h6-10,16-18,20H,11-15H2,1-5H3,(H2,22,23,24). The van der Waals surface area contributed by atoms with Crippen LogP contribution in [0.2, 0.25) is 0 Å². The molecule has 0 radical (unpaired) electrons. The summed E-state index contributed by atoms with van der Waals surface area (Å²) in [5.41, 5.74) is 1.22. The molecule has 3 atom stereocenters. The van der Waals surface area contributed by atoms with Gasteiger partial charge < -0.3 is 15.4 Å². The van der Waals surface area contributed by atoms with Crippen LogP contribution in [0, 0.1) is 11.8 Å². The molecule has 0 spiro atoms. The van der Waals surface area contributed by atoms with Gasteiger partial charge in [0.25, 0.3) is 0 Å². The second-order valence-electron chi connectivity index (χ2n) is 7.83. The van der Waals surface area contributed by atoms with Crippen LogP contribution in [-0.2, 0) is 11.3 Å². The second kappa shape index (κ2) is 10.5. The molecule has 1 saturated heterocycles. The molecule has 0 bridgehead atoms. The lowest BCUT2D eigenvalue weighted by molar-refractivity contribution is 0.0931. The van der Waals surface area contributed by atoms with Crippen molar-refractivity contribution < 1.29 is 4.74 Å². The number of hydrogen-bond acceptors (Lipinski definition) is 3. The highest BCUT2D eigenvalue weighted by atomic mass is 16.5. The Morgan fingerprint density at radius 3 is 2.58 bits per heavy atom. The molecule has 0 aromatic heterocycles. The highest BCUT2D eigenvalue weighted by Gasteiger charge is 2.31. The predicted molar refractivity (Wildman–Crippen MR) is 109 cm³/mol. The summed E-state index contributed by atoms with van der Waals surface area (Å²) >= 11 is 0. The zero-order valence-corrected chi connectivity index (χ0v) is 17.0. The van der Waals surface area contributed by atoms with Crippen molar-refractivity contribution in [3.8, 4) is 0 Å². The van der Waals surface area contributed by atoms with Crippen molar-refractivity contribution in [1.29, 1.82) is 0 Å². The first-order chi connectivity index (χ1) is 12.5. The third kappa shape index (κ3) is 6.61. The molecule has 1 heterocycles. The first kappa shape index (κ1) is 20.7. The van der Waals surface area contributed by atoms with Crippen molar-refractivity contribution in [3.63, 3.8) is 0 Å². The van der Waals surface area contributed by atoms with Gasteiger partial charge in [0, 0.05) is 38.8 Å². The summed E-state index contributed by atoms with van der Waals surface area (Å²) in [5, 5.41) is 7.04. The molecule has 1 aliphatic heterocycles. The van der Waals surface area contributed by atoms with Crippen LogP contribution in [0.5, 0.6) is 0 Å². The van der Waals surface area contributed by atoms with Gasteiger partial charge >= 0.3 is 0 Å². The van der Waals surface area contributed by atoms with E-state index in [4.69, 9.17) is 4.74 Å². The minimum absolute atomic E-state index is 0.422. The van der Waals surface area contributed by atoms with Crippen molar-refractivity contribution in [2.75, 3.05) is 33.3 Å². The Balaban J connectivity index is 1.68. The number of guanidine groups is 1. The largest absolute Gasteiger partial charge is 0.376 e. The van der Waals surface area contributed by atoms with Gasteiger partial charge in [-0.25, -0.2) is 0 Å². The van der Waals surface area contributed by atoms with Gasteiger partial charge in [-0.1, -0.05) is 44.2 Å². The van der Waals surface area contributed by atoms with E-state index < -0.39 is 0 Å². The molecule has 2 N–H and O–H groups in total. The molecule has 1 aliphatic rings. The molecule has 0 saturated carbocycles. The number of aliphatic imine (C=N–C) groups is 1. The van der Waals surface area contributed by atoms with Gasteiger partial charge in [-0.2, -0.15) is 0 Å². The monoisotopic (exact) mass is 360 g/mol. The van der Waals surface area contributed by atoms with Crippen LogP contribution in [0.4, 0.5) is 0 Å². The van der Waals surface area contributed by atoms with Crippen LogP contribution in [0.15, 0.2) is 35.3 Å². The number of benzene rings is 1. The Hall–Kier alpha value is -1.59. The molecular weight excluding hydrogens is 324 g/mol. The van der Waals surface area contributed by atoms with E-state index in [1.807, 2.05) is 25.2 Å².